The van der Waals surface area contributed by atoms with Crippen molar-refractivity contribution in [2.24, 2.45) is 17.6 Å². The van der Waals surface area contributed by atoms with Gasteiger partial charge < -0.3 is 35.6 Å². The van der Waals surface area contributed by atoms with E-state index >= 15 is 0 Å². The highest BCUT2D eigenvalue weighted by atomic mass is 16.5. The predicted molar refractivity (Wildman–Crippen MR) is 228 cm³/mol. The van der Waals surface area contributed by atoms with Crippen molar-refractivity contribution in [1.82, 2.24) is 29.8 Å². The van der Waals surface area contributed by atoms with E-state index in [2.05, 4.69) is 41.2 Å². The molecule has 7 aliphatic rings. The van der Waals surface area contributed by atoms with E-state index in [1.807, 2.05) is 24.3 Å². The average Bonchev–Trinajstić information content (AvgIpc) is 4.00. The molecule has 4 saturated heterocycles. The van der Waals surface area contributed by atoms with Gasteiger partial charge in [-0.2, -0.15) is 0 Å². The summed E-state index contributed by atoms with van der Waals surface area (Å²) in [7, 11) is 0. The number of nitrogens with zero attached hydrogens (tertiary/aromatic N) is 8. The fraction of sp³-hybridized carbons (Fsp3) is 0.533. The minimum absolute atomic E-state index is 0.0135. The topological polar surface area (TPSA) is 198 Å². The summed E-state index contributed by atoms with van der Waals surface area (Å²) in [5.41, 5.74) is 8.61. The number of phenols is 1. The second kappa shape index (κ2) is 16.2. The number of hydrogen-bond donors (Lipinski definition) is 3. The number of aromatic nitrogens is 2. The van der Waals surface area contributed by atoms with Gasteiger partial charge in [-0.05, 0) is 106 Å². The smallest absolute Gasteiger partial charge is 0.327 e. The lowest BCUT2D eigenvalue weighted by atomic mass is 9.92. The van der Waals surface area contributed by atoms with Gasteiger partial charge in [-0.1, -0.05) is 12.1 Å². The van der Waals surface area contributed by atoms with Crippen LogP contribution in [0.15, 0.2) is 48.5 Å². The number of fused-ring (bicyclic) bond motifs is 4. The predicted octanol–water partition coefficient (Wildman–Crippen LogP) is 2.50. The van der Waals surface area contributed by atoms with Crippen LogP contribution in [0.5, 0.6) is 5.75 Å². The number of nitrogens with one attached hydrogen (secondary N) is 1. The number of aromatic hydroxyl groups is 1. The molecule has 4 N–H and O–H groups in total. The molecule has 62 heavy (non-hydrogen) atoms. The number of para-hydroxylation sites is 1. The largest absolute Gasteiger partial charge is 0.507 e. The Kier molecular flexibility index (Phi) is 10.6. The lowest BCUT2D eigenvalue weighted by molar-refractivity contribution is -0.164. The summed E-state index contributed by atoms with van der Waals surface area (Å²) in [6, 6.07) is 13.8. The monoisotopic (exact) mass is 846 g/mol. The number of anilines is 3. The lowest BCUT2D eigenvalue weighted by Crippen LogP contribution is -2.58. The van der Waals surface area contributed by atoms with Crippen LogP contribution in [0.25, 0.3) is 11.3 Å². The Labute approximate surface area is 360 Å². The van der Waals surface area contributed by atoms with Gasteiger partial charge in [0.15, 0.2) is 12.5 Å². The number of likely N-dealkylation sites (tertiary alicyclic amines) is 2. The molecule has 10 rings (SSSR count). The number of benzene rings is 2. The summed E-state index contributed by atoms with van der Waals surface area (Å²) in [5.74, 6) is -0.780. The number of ether oxygens (including phenoxy) is 1. The van der Waals surface area contributed by atoms with E-state index in [0.29, 0.717) is 42.0 Å². The fourth-order valence-corrected chi connectivity index (χ4v) is 10.3. The highest BCUT2D eigenvalue weighted by Crippen LogP contribution is 2.38. The van der Waals surface area contributed by atoms with E-state index in [-0.39, 0.29) is 29.7 Å². The van der Waals surface area contributed by atoms with Crippen molar-refractivity contribution in [3.63, 3.8) is 0 Å². The molecule has 6 aliphatic heterocycles. The normalized spacial score (nSPS) is 24.5. The van der Waals surface area contributed by atoms with Gasteiger partial charge in [-0.25, -0.2) is 9.69 Å². The summed E-state index contributed by atoms with van der Waals surface area (Å²) >= 11 is 0. The van der Waals surface area contributed by atoms with E-state index in [1.54, 1.807) is 18.2 Å². The standard InChI is InChI=1S/C45H54N10O7/c46-45(13-14-45)44(61)62-27-54-39(57)8-7-36(43(54)60)55-41(58)32-6-5-30(21-34(32)42(55)59)52-17-11-29(12-18-52)24-50-15-9-28(10-16-50)25-51-19-20-53-31(26-51)23-47-40-37(53)22-35(48-49-40)33-3-1-2-4-38(33)56/h1-6,21-22,28-29,31,36,56H,7-20,23-27,46H2,(H,47,49)/t31-,36?/m0/s1. The molecule has 1 unspecified atom stereocenters. The van der Waals surface area contributed by atoms with Gasteiger partial charge in [0.1, 0.15) is 17.3 Å². The molecule has 1 aromatic heterocycles. The van der Waals surface area contributed by atoms with E-state index in [0.717, 1.165) is 105 Å². The van der Waals surface area contributed by atoms with Crippen molar-refractivity contribution < 1.29 is 33.8 Å². The van der Waals surface area contributed by atoms with Crippen LogP contribution in [-0.4, -0.2) is 154 Å². The molecule has 2 atom stereocenters. The number of hydrogen-bond acceptors (Lipinski definition) is 15. The molecule has 0 radical (unpaired) electrons. The maximum atomic E-state index is 13.8. The first kappa shape index (κ1) is 40.4. The van der Waals surface area contributed by atoms with Crippen LogP contribution in [-0.2, 0) is 19.1 Å². The zero-order valence-electron chi connectivity index (χ0n) is 34.9. The molecular formula is C45H54N10O7. The zero-order chi connectivity index (χ0) is 42.7. The average molecular weight is 847 g/mol. The summed E-state index contributed by atoms with van der Waals surface area (Å²) in [5, 5.41) is 22.8. The van der Waals surface area contributed by atoms with Gasteiger partial charge in [-0.15, -0.1) is 10.2 Å². The second-order valence-corrected chi connectivity index (χ2v) is 18.3. The van der Waals surface area contributed by atoms with Crippen LogP contribution >= 0.6 is 0 Å². The van der Waals surface area contributed by atoms with E-state index in [1.165, 1.54) is 12.8 Å². The number of phenolic OH excluding ortho intramolecular Hbond substituents is 1. The number of carbonyl (C=O) groups excluding carboxylic acids is 5. The first-order valence-corrected chi connectivity index (χ1v) is 22.2. The Morgan fingerprint density at radius 1 is 0.823 bits per heavy atom. The van der Waals surface area contributed by atoms with E-state index in [9.17, 15) is 29.1 Å². The second-order valence-electron chi connectivity index (χ2n) is 18.3. The number of piperazine rings is 1. The molecule has 0 spiro atoms. The number of carbonyl (C=O) groups is 5. The zero-order valence-corrected chi connectivity index (χ0v) is 34.9. The Balaban J connectivity index is 0.678. The third-order valence-electron chi connectivity index (χ3n) is 14.3. The van der Waals surface area contributed by atoms with E-state index < -0.39 is 47.9 Å². The van der Waals surface area contributed by atoms with Gasteiger partial charge in [0.25, 0.3) is 17.7 Å². The number of amides is 4. The summed E-state index contributed by atoms with van der Waals surface area (Å²) in [6.07, 6.45) is 5.37. The molecule has 7 heterocycles. The van der Waals surface area contributed by atoms with E-state index in [4.69, 9.17) is 10.5 Å². The summed E-state index contributed by atoms with van der Waals surface area (Å²) < 4.78 is 5.19. The van der Waals surface area contributed by atoms with Gasteiger partial charge >= 0.3 is 5.97 Å². The molecule has 17 heteroatoms. The third kappa shape index (κ3) is 7.63. The van der Waals surface area contributed by atoms with Crippen LogP contribution in [0, 0.1) is 11.8 Å². The molecule has 17 nitrogen and oxygen atoms in total. The summed E-state index contributed by atoms with van der Waals surface area (Å²) in [4.78, 5) is 77.5. The molecule has 4 amide bonds. The number of piperidine rings is 3. The number of imide groups is 2. The number of nitrogens with two attached hydrogens (primary N) is 1. The maximum absolute atomic E-state index is 13.8. The molecule has 0 bridgehead atoms. The van der Waals surface area contributed by atoms with Crippen LogP contribution in [0.3, 0.4) is 0 Å². The fourth-order valence-electron chi connectivity index (χ4n) is 10.3. The Bertz CT molecular complexity index is 2290. The first-order chi connectivity index (χ1) is 30.0. The molecule has 3 aromatic rings. The Hall–Kier alpha value is -5.65. The third-order valence-corrected chi connectivity index (χ3v) is 14.3. The first-order valence-electron chi connectivity index (χ1n) is 22.2. The minimum Gasteiger partial charge on any atom is -0.507 e. The number of rotatable bonds is 10. The highest BCUT2D eigenvalue weighted by Gasteiger charge is 2.50. The molecule has 326 valence electrons. The van der Waals surface area contributed by atoms with Crippen molar-refractivity contribution in [3.05, 3.63) is 59.7 Å². The molecule has 2 aromatic carbocycles. The molecule has 1 saturated carbocycles. The molecule has 1 aliphatic carbocycles. The van der Waals surface area contributed by atoms with Crippen molar-refractivity contribution in [2.75, 3.05) is 87.3 Å². The SMILES string of the molecule is NC1(C(=O)OCN2C(=O)CCC(N3C(=O)c4ccc(N5CCC(CN6CCC(CN7CCN8c9cc(-c%10ccccc%10O)nnc9NC[C@H]8C7)CC6)CC5)cc4C3=O)C2=O)CC1. The molecule has 5 fully saturated rings. The Morgan fingerprint density at radius 3 is 2.31 bits per heavy atom. The van der Waals surface area contributed by atoms with Crippen LogP contribution < -0.4 is 20.9 Å². The van der Waals surface area contributed by atoms with Crippen molar-refractivity contribution >= 4 is 46.8 Å². The lowest BCUT2D eigenvalue weighted by Gasteiger charge is -2.47. The molecular weight excluding hydrogens is 793 g/mol. The van der Waals surface area contributed by atoms with Crippen LogP contribution in [0.1, 0.15) is 72.1 Å². The van der Waals surface area contributed by atoms with Crippen molar-refractivity contribution in [3.8, 4) is 17.0 Å². The highest BCUT2D eigenvalue weighted by molar-refractivity contribution is 6.23. The van der Waals surface area contributed by atoms with Crippen molar-refractivity contribution in [2.45, 2.75) is 69.0 Å². The van der Waals surface area contributed by atoms with Crippen molar-refractivity contribution in [1.29, 1.82) is 0 Å². The summed E-state index contributed by atoms with van der Waals surface area (Å²) in [6.45, 7) is 9.32. The van der Waals surface area contributed by atoms with Crippen LogP contribution in [0.2, 0.25) is 0 Å². The van der Waals surface area contributed by atoms with Gasteiger partial charge in [0, 0.05) is 70.0 Å². The quantitative estimate of drug-likeness (QED) is 0.199. The Morgan fingerprint density at radius 2 is 1.55 bits per heavy atom. The van der Waals surface area contributed by atoms with Gasteiger partial charge in [-0.3, -0.25) is 29.0 Å². The van der Waals surface area contributed by atoms with Gasteiger partial charge in [0.2, 0.25) is 5.91 Å². The minimum atomic E-state index is -1.16. The van der Waals surface area contributed by atoms with Crippen LogP contribution in [0.4, 0.5) is 17.2 Å². The maximum Gasteiger partial charge on any atom is 0.327 e. The van der Waals surface area contributed by atoms with Gasteiger partial charge in [0.05, 0.1) is 28.6 Å². The number of esters is 1.